The van der Waals surface area contributed by atoms with Crippen LogP contribution in [0.2, 0.25) is 0 Å². The lowest BCUT2D eigenvalue weighted by atomic mass is 10.0. The van der Waals surface area contributed by atoms with Gasteiger partial charge in [0.25, 0.3) is 5.91 Å². The van der Waals surface area contributed by atoms with E-state index >= 15 is 0 Å². The van der Waals surface area contributed by atoms with Crippen molar-refractivity contribution in [2.75, 3.05) is 62.5 Å². The first-order chi connectivity index (χ1) is 20.9. The molecule has 2 saturated heterocycles. The number of halogens is 2. The molecule has 0 spiro atoms. The normalized spacial score (nSPS) is 18.1. The smallest absolute Gasteiger partial charge is 0.251 e. The standard InChI is InChI=1S/C34H39N3O5S.2ClH/c1-36(31-12-17-41-18-13-31)24-25-2-7-30(8-3-25)35-34(38)28-14-21-43(39,40)33-11-6-27(22-29(33)23-28)26-4-9-32(10-5-26)37-15-19-42-20-16-37;;/h2-11,22-23,31H,12-21,24H2,1H3,(H,35,38);2*1H. The number of amides is 1. The van der Waals surface area contributed by atoms with Gasteiger partial charge in [0.05, 0.1) is 23.9 Å². The van der Waals surface area contributed by atoms with Gasteiger partial charge in [0.2, 0.25) is 0 Å². The monoisotopic (exact) mass is 673 g/mol. The number of morpholine rings is 1. The fourth-order valence-corrected chi connectivity index (χ4v) is 7.51. The number of carbonyl (C=O) groups excluding carboxylic acids is 1. The molecule has 0 bridgehead atoms. The molecule has 1 amide bonds. The number of ether oxygens (including phenoxy) is 2. The molecule has 3 aromatic carbocycles. The van der Waals surface area contributed by atoms with Gasteiger partial charge in [-0.05, 0) is 91.0 Å². The Kier molecular flexibility index (Phi) is 12.1. The number of fused-ring (bicyclic) bond motifs is 1. The largest absolute Gasteiger partial charge is 0.381 e. The Morgan fingerprint density at radius 3 is 2.22 bits per heavy atom. The first-order valence-corrected chi connectivity index (χ1v) is 16.7. The Morgan fingerprint density at radius 1 is 0.889 bits per heavy atom. The predicted molar refractivity (Wildman–Crippen MR) is 184 cm³/mol. The number of hydrogen-bond donors (Lipinski definition) is 1. The summed E-state index contributed by atoms with van der Waals surface area (Å²) in [6.07, 6.45) is 3.97. The molecule has 3 heterocycles. The van der Waals surface area contributed by atoms with Gasteiger partial charge in [-0.2, -0.15) is 0 Å². The van der Waals surface area contributed by atoms with E-state index in [2.05, 4.69) is 46.4 Å². The van der Waals surface area contributed by atoms with Crippen LogP contribution < -0.4 is 10.2 Å². The van der Waals surface area contributed by atoms with Gasteiger partial charge >= 0.3 is 0 Å². The highest BCUT2D eigenvalue weighted by atomic mass is 35.5. The van der Waals surface area contributed by atoms with E-state index in [1.807, 2.05) is 36.4 Å². The molecule has 3 aliphatic heterocycles. The molecule has 8 nitrogen and oxygen atoms in total. The van der Waals surface area contributed by atoms with Gasteiger partial charge in [0, 0.05) is 55.8 Å². The van der Waals surface area contributed by atoms with Gasteiger partial charge in [-0.25, -0.2) is 8.42 Å². The maximum atomic E-state index is 13.3. The van der Waals surface area contributed by atoms with E-state index in [4.69, 9.17) is 9.47 Å². The van der Waals surface area contributed by atoms with Crippen LogP contribution >= 0.6 is 24.8 Å². The third-order valence-electron chi connectivity index (χ3n) is 8.64. The second-order valence-corrected chi connectivity index (χ2v) is 13.6. The van der Waals surface area contributed by atoms with Gasteiger partial charge in [0.1, 0.15) is 0 Å². The summed E-state index contributed by atoms with van der Waals surface area (Å²) in [4.78, 5) is 18.3. The minimum absolute atomic E-state index is 0. The topological polar surface area (TPSA) is 88.2 Å². The SMILES string of the molecule is CN(Cc1ccc(NC(=O)C2=Cc3cc(-c4ccc(N5CCOCC5)cc4)ccc3S(=O)(=O)CC2)cc1)C1CCOCC1.Cl.Cl. The Hall–Kier alpha value is -2.92. The van der Waals surface area contributed by atoms with Crippen molar-refractivity contribution in [3.63, 3.8) is 0 Å². The quantitative estimate of drug-likeness (QED) is 0.337. The lowest BCUT2D eigenvalue weighted by Gasteiger charge is -2.31. The van der Waals surface area contributed by atoms with Crippen molar-refractivity contribution in [1.29, 1.82) is 0 Å². The predicted octanol–water partition coefficient (Wildman–Crippen LogP) is 5.84. The molecule has 3 aliphatic rings. The summed E-state index contributed by atoms with van der Waals surface area (Å²) in [5.74, 6) is -0.389. The number of rotatable bonds is 7. The molecule has 1 N–H and O–H groups in total. The zero-order valence-electron chi connectivity index (χ0n) is 25.4. The number of carbonyl (C=O) groups is 1. The number of anilines is 2. The van der Waals surface area contributed by atoms with Crippen LogP contribution in [0.15, 0.2) is 77.2 Å². The fourth-order valence-electron chi connectivity index (χ4n) is 6.05. The van der Waals surface area contributed by atoms with Crippen LogP contribution in [-0.2, 0) is 30.7 Å². The molecule has 45 heavy (non-hydrogen) atoms. The van der Waals surface area contributed by atoms with Crippen molar-refractivity contribution in [2.24, 2.45) is 0 Å². The van der Waals surface area contributed by atoms with Gasteiger partial charge < -0.3 is 19.7 Å². The Bertz CT molecular complexity index is 1590. The maximum Gasteiger partial charge on any atom is 0.251 e. The van der Waals surface area contributed by atoms with E-state index in [9.17, 15) is 13.2 Å². The lowest BCUT2D eigenvalue weighted by Crippen LogP contribution is -2.36. The average molecular weight is 675 g/mol. The highest BCUT2D eigenvalue weighted by Crippen LogP contribution is 2.32. The molecule has 0 radical (unpaired) electrons. The van der Waals surface area contributed by atoms with Crippen LogP contribution in [0.5, 0.6) is 0 Å². The van der Waals surface area contributed by atoms with Crippen molar-refractivity contribution in [1.82, 2.24) is 4.90 Å². The van der Waals surface area contributed by atoms with E-state index in [0.717, 1.165) is 75.7 Å². The fraction of sp³-hybridized carbons (Fsp3) is 0.382. The van der Waals surface area contributed by atoms with E-state index < -0.39 is 9.84 Å². The minimum atomic E-state index is -3.53. The van der Waals surface area contributed by atoms with E-state index in [0.29, 0.717) is 22.9 Å². The number of nitrogens with one attached hydrogen (secondary N) is 1. The first-order valence-electron chi connectivity index (χ1n) is 15.0. The van der Waals surface area contributed by atoms with Crippen LogP contribution in [-0.4, -0.2) is 77.6 Å². The Labute approximate surface area is 278 Å². The zero-order valence-corrected chi connectivity index (χ0v) is 27.9. The first kappa shape index (κ1) is 34.9. The van der Waals surface area contributed by atoms with Crippen LogP contribution in [0.25, 0.3) is 17.2 Å². The van der Waals surface area contributed by atoms with Gasteiger partial charge in [-0.3, -0.25) is 9.69 Å². The summed E-state index contributed by atoms with van der Waals surface area (Å²) in [5.41, 5.74) is 5.89. The average Bonchev–Trinajstić information content (AvgIpc) is 3.18. The van der Waals surface area contributed by atoms with Crippen LogP contribution in [0.3, 0.4) is 0 Å². The van der Waals surface area contributed by atoms with Crippen molar-refractivity contribution >= 4 is 58.0 Å². The van der Waals surface area contributed by atoms with Crippen molar-refractivity contribution in [3.05, 3.63) is 83.4 Å². The van der Waals surface area contributed by atoms with E-state index in [1.165, 1.54) is 5.56 Å². The Balaban J connectivity index is 0.00000230. The molecule has 242 valence electrons. The van der Waals surface area contributed by atoms with E-state index in [1.54, 1.807) is 12.1 Å². The molecular formula is C34H41Cl2N3O5S. The van der Waals surface area contributed by atoms with Crippen LogP contribution in [0.4, 0.5) is 11.4 Å². The zero-order chi connectivity index (χ0) is 29.8. The number of sulfone groups is 1. The summed E-state index contributed by atoms with van der Waals surface area (Å²) in [7, 11) is -1.39. The molecule has 0 unspecified atom stereocenters. The number of benzene rings is 3. The van der Waals surface area contributed by atoms with Gasteiger partial charge in [0.15, 0.2) is 9.84 Å². The second-order valence-electron chi connectivity index (χ2n) is 11.5. The molecule has 0 saturated carbocycles. The van der Waals surface area contributed by atoms with Crippen molar-refractivity contribution in [3.8, 4) is 11.1 Å². The molecule has 3 aromatic rings. The molecule has 2 fully saturated rings. The summed E-state index contributed by atoms with van der Waals surface area (Å²) in [5, 5.41) is 2.98. The second kappa shape index (κ2) is 15.6. The highest BCUT2D eigenvalue weighted by molar-refractivity contribution is 7.91. The van der Waals surface area contributed by atoms with Gasteiger partial charge in [-0.1, -0.05) is 30.3 Å². The maximum absolute atomic E-state index is 13.3. The van der Waals surface area contributed by atoms with Crippen molar-refractivity contribution < 1.29 is 22.7 Å². The summed E-state index contributed by atoms with van der Waals surface area (Å²) >= 11 is 0. The number of nitrogens with zero attached hydrogens (tertiary/aromatic N) is 2. The molecule has 6 rings (SSSR count). The molecule has 11 heteroatoms. The summed E-state index contributed by atoms with van der Waals surface area (Å²) in [6.45, 7) is 5.63. The number of hydrogen-bond acceptors (Lipinski definition) is 7. The third kappa shape index (κ3) is 8.47. The third-order valence-corrected chi connectivity index (χ3v) is 10.4. The summed E-state index contributed by atoms with van der Waals surface area (Å²) < 4.78 is 37.2. The molecule has 0 aliphatic carbocycles. The minimum Gasteiger partial charge on any atom is -0.381 e. The lowest BCUT2D eigenvalue weighted by molar-refractivity contribution is -0.112. The highest BCUT2D eigenvalue weighted by Gasteiger charge is 2.25. The molecular weight excluding hydrogens is 633 g/mol. The van der Waals surface area contributed by atoms with Gasteiger partial charge in [-0.15, -0.1) is 24.8 Å². The van der Waals surface area contributed by atoms with Crippen molar-refractivity contribution in [2.45, 2.75) is 36.7 Å². The van der Waals surface area contributed by atoms with Crippen LogP contribution in [0, 0.1) is 0 Å². The Morgan fingerprint density at radius 2 is 1.53 bits per heavy atom. The molecule has 0 aromatic heterocycles. The summed E-state index contributed by atoms with van der Waals surface area (Å²) in [6, 6.07) is 22.1. The molecule has 0 atom stereocenters. The van der Waals surface area contributed by atoms with Crippen LogP contribution in [0.1, 0.15) is 30.4 Å². The van der Waals surface area contributed by atoms with E-state index in [-0.39, 0.29) is 47.8 Å².